The van der Waals surface area contributed by atoms with Crippen molar-refractivity contribution < 1.29 is 13.2 Å². The summed E-state index contributed by atoms with van der Waals surface area (Å²) in [6, 6.07) is 11.2. The van der Waals surface area contributed by atoms with Crippen LogP contribution in [0.4, 0.5) is 0 Å². The molecular weight excluding hydrogens is 548 g/mol. The number of hydrogen-bond acceptors (Lipinski definition) is 7. The number of aryl methyl sites for hydroxylation is 1. The Balaban J connectivity index is 1.48. The quantitative estimate of drug-likeness (QED) is 0.259. The monoisotopic (exact) mass is 586 g/mol. The van der Waals surface area contributed by atoms with E-state index in [1.165, 1.54) is 47.8 Å². The van der Waals surface area contributed by atoms with Crippen molar-refractivity contribution in [3.63, 3.8) is 0 Å². The Morgan fingerprint density at radius 3 is 2.65 bits per heavy atom. The average Bonchev–Trinajstić information content (AvgIpc) is 2.88. The van der Waals surface area contributed by atoms with Gasteiger partial charge in [-0.05, 0) is 65.6 Å². The molecule has 11 heteroatoms. The van der Waals surface area contributed by atoms with E-state index >= 15 is 0 Å². The standard InChI is InChI=1S/C29H39ClN6O3S/c1-29(2,3)19-33-17-20-7-12-25-21(15-20)5-4-6-26(25)35(32)18-23(31)16-27-28(37)34-13-14-36(27)40(38,39)24-10-8-22(30)9-11-24/h7-15,18,26-27,33H,4-6,16-17,19,31-32H2,1-3H3,(H,34,37)/b23-18-/t26-,27+/m0/s1. The van der Waals surface area contributed by atoms with Crippen molar-refractivity contribution in [3.8, 4) is 0 Å². The summed E-state index contributed by atoms with van der Waals surface area (Å²) in [5.41, 5.74) is 10.5. The minimum Gasteiger partial charge on any atom is -0.401 e. The number of carbonyl (C=O) groups is 1. The Bertz CT molecular complexity index is 1390. The molecule has 2 aliphatic rings. The molecule has 9 nitrogen and oxygen atoms in total. The lowest BCUT2D eigenvalue weighted by Gasteiger charge is -2.34. The molecule has 0 bridgehead atoms. The van der Waals surface area contributed by atoms with Crippen LogP contribution in [0.25, 0.3) is 0 Å². The van der Waals surface area contributed by atoms with E-state index in [2.05, 4.69) is 49.6 Å². The lowest BCUT2D eigenvalue weighted by atomic mass is 9.86. The summed E-state index contributed by atoms with van der Waals surface area (Å²) in [4.78, 5) is 12.8. The number of amides is 1. The third-order valence-corrected chi connectivity index (χ3v) is 9.08. The number of nitrogens with zero attached hydrogens (tertiary/aromatic N) is 2. The van der Waals surface area contributed by atoms with Gasteiger partial charge in [0.2, 0.25) is 5.91 Å². The number of benzene rings is 2. The lowest BCUT2D eigenvalue weighted by molar-refractivity contribution is -0.124. The summed E-state index contributed by atoms with van der Waals surface area (Å²) in [7, 11) is -4.02. The van der Waals surface area contributed by atoms with Gasteiger partial charge in [-0.2, -0.15) is 0 Å². The van der Waals surface area contributed by atoms with Gasteiger partial charge in [0.15, 0.2) is 0 Å². The van der Waals surface area contributed by atoms with Gasteiger partial charge in [-0.25, -0.2) is 14.3 Å². The number of hydrogen-bond donors (Lipinski definition) is 4. The maximum absolute atomic E-state index is 13.3. The molecule has 2 aromatic carbocycles. The summed E-state index contributed by atoms with van der Waals surface area (Å²) in [6.45, 7) is 8.36. The van der Waals surface area contributed by atoms with Gasteiger partial charge in [-0.1, -0.05) is 50.6 Å². The van der Waals surface area contributed by atoms with E-state index in [9.17, 15) is 13.2 Å². The summed E-state index contributed by atoms with van der Waals surface area (Å²) < 4.78 is 27.7. The van der Waals surface area contributed by atoms with Crippen molar-refractivity contribution in [2.24, 2.45) is 17.0 Å². The molecule has 0 saturated heterocycles. The zero-order chi connectivity index (χ0) is 29.1. The molecular formula is C29H39ClN6O3S. The first-order chi connectivity index (χ1) is 18.8. The molecule has 0 spiro atoms. The van der Waals surface area contributed by atoms with Crippen LogP contribution in [0.3, 0.4) is 0 Å². The van der Waals surface area contributed by atoms with Crippen LogP contribution in [-0.4, -0.2) is 36.2 Å². The predicted molar refractivity (Wildman–Crippen MR) is 158 cm³/mol. The highest BCUT2D eigenvalue weighted by molar-refractivity contribution is 7.89. The molecule has 0 fully saturated rings. The van der Waals surface area contributed by atoms with Crippen molar-refractivity contribution in [2.45, 2.75) is 70.0 Å². The van der Waals surface area contributed by atoms with Crippen LogP contribution in [0.2, 0.25) is 5.02 Å². The smallest absolute Gasteiger partial charge is 0.264 e. The van der Waals surface area contributed by atoms with Gasteiger partial charge < -0.3 is 21.4 Å². The van der Waals surface area contributed by atoms with Gasteiger partial charge in [0.1, 0.15) is 6.04 Å². The number of halogens is 1. The van der Waals surface area contributed by atoms with E-state index < -0.39 is 22.0 Å². The Morgan fingerprint density at radius 1 is 1.23 bits per heavy atom. The fourth-order valence-corrected chi connectivity index (χ4v) is 6.64. The first kappa shape index (κ1) is 29.9. The second-order valence-corrected chi connectivity index (χ2v) is 13.9. The maximum atomic E-state index is 13.3. The first-order valence-corrected chi connectivity index (χ1v) is 15.2. The van der Waals surface area contributed by atoms with Gasteiger partial charge >= 0.3 is 0 Å². The van der Waals surface area contributed by atoms with Gasteiger partial charge in [0.25, 0.3) is 10.0 Å². The highest BCUT2D eigenvalue weighted by Crippen LogP contribution is 2.34. The SMILES string of the molecule is CC(C)(C)CNCc1ccc2c(c1)CCC[C@@H]2N(N)/C=C(\N)C[C@@H]1C(=O)NC=CN1S(=O)(=O)c1ccc(Cl)cc1. The van der Waals surface area contributed by atoms with Crippen LogP contribution in [0, 0.1) is 5.41 Å². The third kappa shape index (κ3) is 7.17. The molecule has 0 unspecified atom stereocenters. The third-order valence-electron chi connectivity index (χ3n) is 7.02. The van der Waals surface area contributed by atoms with Gasteiger partial charge in [0.05, 0.1) is 10.9 Å². The molecule has 0 saturated carbocycles. The van der Waals surface area contributed by atoms with Crippen molar-refractivity contribution in [1.82, 2.24) is 19.9 Å². The summed E-state index contributed by atoms with van der Waals surface area (Å²) in [6.07, 6.45) is 7.03. The molecule has 4 rings (SSSR count). The number of nitrogens with one attached hydrogen (secondary N) is 2. The van der Waals surface area contributed by atoms with Crippen LogP contribution >= 0.6 is 11.6 Å². The average molecular weight is 587 g/mol. The molecule has 1 aliphatic heterocycles. The number of sulfonamides is 1. The summed E-state index contributed by atoms with van der Waals surface area (Å²) in [5.74, 6) is 6.03. The largest absolute Gasteiger partial charge is 0.401 e. The second-order valence-electron chi connectivity index (χ2n) is 11.6. The lowest BCUT2D eigenvalue weighted by Crippen LogP contribution is -2.49. The minimum atomic E-state index is -4.02. The van der Waals surface area contributed by atoms with Gasteiger partial charge in [0, 0.05) is 48.8 Å². The summed E-state index contributed by atoms with van der Waals surface area (Å²) >= 11 is 5.93. The van der Waals surface area contributed by atoms with Crippen molar-refractivity contribution >= 4 is 27.5 Å². The van der Waals surface area contributed by atoms with E-state index in [-0.39, 0.29) is 22.8 Å². The number of fused-ring (bicyclic) bond motifs is 1. The first-order valence-electron chi connectivity index (χ1n) is 13.4. The number of carbonyl (C=O) groups excluding carboxylic acids is 1. The van der Waals surface area contributed by atoms with Crippen molar-refractivity contribution in [1.29, 1.82) is 0 Å². The normalized spacial score (nSPS) is 19.8. The van der Waals surface area contributed by atoms with Crippen LogP contribution in [0.5, 0.6) is 0 Å². The highest BCUT2D eigenvalue weighted by Gasteiger charge is 2.36. The molecule has 1 aliphatic carbocycles. The Morgan fingerprint density at radius 2 is 1.95 bits per heavy atom. The zero-order valence-corrected chi connectivity index (χ0v) is 24.8. The Kier molecular flexibility index (Phi) is 9.14. The fraction of sp³-hybridized carbons (Fsp3) is 0.414. The van der Waals surface area contributed by atoms with E-state index in [0.717, 1.165) is 42.2 Å². The molecule has 6 N–H and O–H groups in total. The highest BCUT2D eigenvalue weighted by atomic mass is 35.5. The van der Waals surface area contributed by atoms with Crippen LogP contribution in [0.15, 0.2) is 71.7 Å². The van der Waals surface area contributed by atoms with Crippen molar-refractivity contribution in [2.75, 3.05) is 6.54 Å². The maximum Gasteiger partial charge on any atom is 0.264 e. The number of hydrazine groups is 1. The van der Waals surface area contributed by atoms with Crippen LogP contribution in [0.1, 0.15) is 62.8 Å². The molecule has 1 amide bonds. The van der Waals surface area contributed by atoms with E-state index in [4.69, 9.17) is 23.2 Å². The molecule has 1 heterocycles. The van der Waals surface area contributed by atoms with Crippen LogP contribution < -0.4 is 22.2 Å². The molecule has 40 heavy (non-hydrogen) atoms. The molecule has 2 aromatic rings. The van der Waals surface area contributed by atoms with Crippen molar-refractivity contribution in [3.05, 3.63) is 88.5 Å². The van der Waals surface area contributed by atoms with Crippen LogP contribution in [-0.2, 0) is 27.8 Å². The number of nitrogens with two attached hydrogens (primary N) is 2. The molecule has 0 aromatic heterocycles. The zero-order valence-electron chi connectivity index (χ0n) is 23.2. The Labute approximate surface area is 242 Å². The van der Waals surface area contributed by atoms with Gasteiger partial charge in [-0.3, -0.25) is 9.10 Å². The van der Waals surface area contributed by atoms with E-state index in [1.807, 2.05) is 0 Å². The predicted octanol–water partition coefficient (Wildman–Crippen LogP) is 3.88. The van der Waals surface area contributed by atoms with E-state index in [0.29, 0.717) is 10.7 Å². The molecule has 2 atom stereocenters. The van der Waals surface area contributed by atoms with E-state index in [1.54, 1.807) is 11.2 Å². The van der Waals surface area contributed by atoms with Gasteiger partial charge in [-0.15, -0.1) is 0 Å². The fourth-order valence-electron chi connectivity index (χ4n) is 5.07. The summed E-state index contributed by atoms with van der Waals surface area (Å²) in [5, 5.41) is 8.10. The Hall–Kier alpha value is -3.05. The molecule has 0 radical (unpaired) electrons. The molecule has 216 valence electrons. The topological polar surface area (TPSA) is 134 Å². The number of rotatable bonds is 9. The minimum absolute atomic E-state index is 0.0241. The second kappa shape index (κ2) is 12.2.